The van der Waals surface area contributed by atoms with Crippen LogP contribution in [0.3, 0.4) is 0 Å². The second-order valence-electron chi connectivity index (χ2n) is 5.09. The van der Waals surface area contributed by atoms with Crippen molar-refractivity contribution in [3.63, 3.8) is 0 Å². The molecule has 1 aromatic heterocycles. The maximum absolute atomic E-state index is 12.1. The van der Waals surface area contributed by atoms with E-state index >= 15 is 0 Å². The Morgan fingerprint density at radius 3 is 2.63 bits per heavy atom. The van der Waals surface area contributed by atoms with Gasteiger partial charge in [-0.1, -0.05) is 0 Å². The molecule has 2 N–H and O–H groups in total. The van der Waals surface area contributed by atoms with Crippen LogP contribution in [0.25, 0.3) is 0 Å². The Balaban J connectivity index is 2.58. The summed E-state index contributed by atoms with van der Waals surface area (Å²) in [5, 5.41) is 11.5. The summed E-state index contributed by atoms with van der Waals surface area (Å²) in [6.45, 7) is 6.22. The zero-order chi connectivity index (χ0) is 14.5. The van der Waals surface area contributed by atoms with Gasteiger partial charge in [0, 0.05) is 23.2 Å². The fourth-order valence-electron chi connectivity index (χ4n) is 1.54. The Morgan fingerprint density at radius 1 is 1.47 bits per heavy atom. The maximum atomic E-state index is 12.1. The third kappa shape index (κ3) is 5.25. The van der Waals surface area contributed by atoms with Crippen LogP contribution in [0.5, 0.6) is 0 Å². The van der Waals surface area contributed by atoms with Crippen LogP contribution in [0, 0.1) is 0 Å². The predicted molar refractivity (Wildman–Crippen MR) is 73.1 cm³/mol. The lowest BCUT2D eigenvalue weighted by Gasteiger charge is -2.35. The van der Waals surface area contributed by atoms with Crippen LogP contribution in [0.2, 0.25) is 0 Å². The van der Waals surface area contributed by atoms with Crippen molar-refractivity contribution in [2.45, 2.75) is 39.3 Å². The highest BCUT2D eigenvalue weighted by molar-refractivity contribution is 7.09. The summed E-state index contributed by atoms with van der Waals surface area (Å²) in [5.74, 6) is -0.912. The number of carboxylic acid groups (broad SMARTS) is 1. The van der Waals surface area contributed by atoms with E-state index < -0.39 is 11.5 Å². The van der Waals surface area contributed by atoms with Crippen LogP contribution in [-0.4, -0.2) is 39.1 Å². The van der Waals surface area contributed by atoms with Gasteiger partial charge >= 0.3 is 12.0 Å². The van der Waals surface area contributed by atoms with Crippen molar-refractivity contribution in [1.29, 1.82) is 0 Å². The number of rotatable bonds is 5. The van der Waals surface area contributed by atoms with Crippen molar-refractivity contribution in [3.8, 4) is 0 Å². The maximum Gasteiger partial charge on any atom is 0.318 e. The molecule has 0 aliphatic carbocycles. The van der Waals surface area contributed by atoms with Crippen LogP contribution >= 0.6 is 11.3 Å². The first-order valence-corrected chi connectivity index (χ1v) is 6.83. The normalized spacial score (nSPS) is 11.1. The van der Waals surface area contributed by atoms with Crippen molar-refractivity contribution < 1.29 is 14.7 Å². The zero-order valence-corrected chi connectivity index (χ0v) is 12.2. The van der Waals surface area contributed by atoms with Gasteiger partial charge in [-0.2, -0.15) is 0 Å². The highest BCUT2D eigenvalue weighted by Crippen LogP contribution is 2.14. The minimum atomic E-state index is -0.912. The standard InChI is InChI=1S/C12H19N3O3S/c1-12(2,3)15(5-4-10(16)17)11(18)14-7-9-6-13-8-19-9/h6,8H,4-5,7H2,1-3H3,(H,14,18)(H,16,17). The van der Waals surface area contributed by atoms with Crippen molar-refractivity contribution in [2.24, 2.45) is 0 Å². The van der Waals surface area contributed by atoms with E-state index in [0.29, 0.717) is 6.54 Å². The van der Waals surface area contributed by atoms with Gasteiger partial charge in [0.1, 0.15) is 0 Å². The number of hydrogen-bond donors (Lipinski definition) is 2. The largest absolute Gasteiger partial charge is 0.481 e. The molecule has 0 aliphatic heterocycles. The molecule has 0 saturated heterocycles. The van der Waals surface area contributed by atoms with Gasteiger partial charge in [0.05, 0.1) is 18.5 Å². The summed E-state index contributed by atoms with van der Waals surface area (Å²) in [5.41, 5.74) is 1.28. The van der Waals surface area contributed by atoms with Crippen molar-refractivity contribution >= 4 is 23.3 Å². The molecular weight excluding hydrogens is 266 g/mol. The smallest absolute Gasteiger partial charge is 0.318 e. The Bertz CT molecular complexity index is 426. The van der Waals surface area contributed by atoms with Crippen molar-refractivity contribution in [2.75, 3.05) is 6.54 Å². The molecule has 0 radical (unpaired) electrons. The molecule has 1 rings (SSSR count). The first-order chi connectivity index (χ1) is 8.80. The third-order valence-electron chi connectivity index (χ3n) is 2.50. The molecule has 1 aromatic rings. The molecule has 19 heavy (non-hydrogen) atoms. The Labute approximate surface area is 116 Å². The molecule has 0 spiro atoms. The molecule has 6 nitrogen and oxygen atoms in total. The number of urea groups is 1. The van der Waals surface area contributed by atoms with Gasteiger partial charge in [0.15, 0.2) is 0 Å². The first kappa shape index (κ1) is 15.4. The van der Waals surface area contributed by atoms with Gasteiger partial charge < -0.3 is 15.3 Å². The van der Waals surface area contributed by atoms with Gasteiger partial charge in [-0.3, -0.25) is 9.78 Å². The molecule has 0 atom stereocenters. The Kier molecular flexibility index (Phi) is 5.29. The van der Waals surface area contributed by atoms with Gasteiger partial charge in [0.2, 0.25) is 0 Å². The molecule has 0 bridgehead atoms. The average Bonchev–Trinajstić information content (AvgIpc) is 2.76. The summed E-state index contributed by atoms with van der Waals surface area (Å²) in [6, 6.07) is -0.262. The van der Waals surface area contributed by atoms with E-state index in [1.165, 1.54) is 16.2 Å². The van der Waals surface area contributed by atoms with E-state index in [2.05, 4.69) is 10.3 Å². The van der Waals surface area contributed by atoms with Crippen molar-refractivity contribution in [1.82, 2.24) is 15.2 Å². The number of aliphatic carboxylic acids is 1. The summed E-state index contributed by atoms with van der Waals surface area (Å²) < 4.78 is 0. The van der Waals surface area contributed by atoms with E-state index in [-0.39, 0.29) is 19.0 Å². The summed E-state index contributed by atoms with van der Waals surface area (Å²) in [6.07, 6.45) is 1.63. The summed E-state index contributed by atoms with van der Waals surface area (Å²) >= 11 is 1.46. The number of carboxylic acids is 1. The quantitative estimate of drug-likeness (QED) is 0.866. The number of aromatic nitrogens is 1. The predicted octanol–water partition coefficient (Wildman–Crippen LogP) is 1.93. The van der Waals surface area contributed by atoms with Crippen LogP contribution in [0.1, 0.15) is 32.1 Å². The van der Waals surface area contributed by atoms with Gasteiger partial charge in [0.25, 0.3) is 0 Å². The first-order valence-electron chi connectivity index (χ1n) is 5.95. The number of carbonyl (C=O) groups excluding carboxylic acids is 1. The van der Waals surface area contributed by atoms with Crippen LogP contribution in [0.4, 0.5) is 4.79 Å². The number of nitrogens with zero attached hydrogens (tertiary/aromatic N) is 2. The van der Waals surface area contributed by atoms with Gasteiger partial charge in [-0.05, 0) is 20.8 Å². The molecule has 106 valence electrons. The zero-order valence-electron chi connectivity index (χ0n) is 11.3. The van der Waals surface area contributed by atoms with E-state index in [0.717, 1.165) is 4.88 Å². The minimum absolute atomic E-state index is 0.0642. The number of amides is 2. The van der Waals surface area contributed by atoms with Crippen LogP contribution in [0.15, 0.2) is 11.7 Å². The Hall–Kier alpha value is -1.63. The van der Waals surface area contributed by atoms with Crippen molar-refractivity contribution in [3.05, 3.63) is 16.6 Å². The molecule has 0 aromatic carbocycles. The minimum Gasteiger partial charge on any atom is -0.481 e. The number of hydrogen-bond acceptors (Lipinski definition) is 4. The average molecular weight is 285 g/mol. The molecule has 0 saturated carbocycles. The molecule has 2 amide bonds. The highest BCUT2D eigenvalue weighted by atomic mass is 32.1. The van der Waals surface area contributed by atoms with Crippen LogP contribution in [-0.2, 0) is 11.3 Å². The Morgan fingerprint density at radius 2 is 2.16 bits per heavy atom. The second kappa shape index (κ2) is 6.51. The topological polar surface area (TPSA) is 82.5 Å². The van der Waals surface area contributed by atoms with E-state index in [1.807, 2.05) is 20.8 Å². The lowest BCUT2D eigenvalue weighted by molar-refractivity contribution is -0.137. The fourth-order valence-corrected chi connectivity index (χ4v) is 2.07. The number of nitrogens with one attached hydrogen (secondary N) is 1. The van der Waals surface area contributed by atoms with Crippen LogP contribution < -0.4 is 5.32 Å². The molecule has 0 aliphatic rings. The summed E-state index contributed by atoms with van der Waals surface area (Å²) in [4.78, 5) is 29.2. The third-order valence-corrected chi connectivity index (χ3v) is 3.28. The highest BCUT2D eigenvalue weighted by Gasteiger charge is 2.26. The van der Waals surface area contributed by atoms with E-state index in [1.54, 1.807) is 11.7 Å². The van der Waals surface area contributed by atoms with Gasteiger partial charge in [-0.25, -0.2) is 4.79 Å². The molecule has 0 fully saturated rings. The fraction of sp³-hybridized carbons (Fsp3) is 0.583. The summed E-state index contributed by atoms with van der Waals surface area (Å²) in [7, 11) is 0. The lowest BCUT2D eigenvalue weighted by Crippen LogP contribution is -2.50. The molecule has 7 heteroatoms. The number of thiazole rings is 1. The second-order valence-corrected chi connectivity index (χ2v) is 6.06. The molecular formula is C12H19N3O3S. The molecule has 1 heterocycles. The molecule has 0 unspecified atom stereocenters. The monoisotopic (exact) mass is 285 g/mol. The lowest BCUT2D eigenvalue weighted by atomic mass is 10.1. The van der Waals surface area contributed by atoms with E-state index in [9.17, 15) is 9.59 Å². The van der Waals surface area contributed by atoms with E-state index in [4.69, 9.17) is 5.11 Å². The SMILES string of the molecule is CC(C)(C)N(CCC(=O)O)C(=O)NCc1cncs1. The van der Waals surface area contributed by atoms with Gasteiger partial charge in [-0.15, -0.1) is 11.3 Å². The number of carbonyl (C=O) groups is 2.